The Bertz CT molecular complexity index is 523. The third-order valence-electron chi connectivity index (χ3n) is 3.41. The first-order chi connectivity index (χ1) is 8.92. The molecule has 1 aliphatic heterocycles. The van der Waals surface area contributed by atoms with Crippen LogP contribution < -0.4 is 5.32 Å². The maximum absolute atomic E-state index is 5.36. The molecule has 1 aromatic heterocycles. The van der Waals surface area contributed by atoms with E-state index in [2.05, 4.69) is 27.4 Å². The Labute approximate surface area is 106 Å². The number of benzene rings is 1. The van der Waals surface area contributed by atoms with E-state index >= 15 is 0 Å². The van der Waals surface area contributed by atoms with Gasteiger partial charge in [-0.3, -0.25) is 9.97 Å². The summed E-state index contributed by atoms with van der Waals surface area (Å²) in [5, 5.41) is 3.48. The van der Waals surface area contributed by atoms with E-state index in [1.165, 1.54) is 0 Å². The smallest absolute Gasteiger partial charge is 0.0907 e. The van der Waals surface area contributed by atoms with E-state index in [9.17, 15) is 0 Å². The number of anilines is 1. The summed E-state index contributed by atoms with van der Waals surface area (Å²) in [5.74, 6) is 0.719. The molecule has 2 heterocycles. The summed E-state index contributed by atoms with van der Waals surface area (Å²) in [5.41, 5.74) is 3.00. The zero-order chi connectivity index (χ0) is 12.2. The Morgan fingerprint density at radius 2 is 1.89 bits per heavy atom. The van der Waals surface area contributed by atoms with Gasteiger partial charge in [-0.05, 0) is 37.0 Å². The van der Waals surface area contributed by atoms with E-state index in [1.807, 2.05) is 6.07 Å². The standard InChI is InChI=1S/C14H17N3O/c1-2-13-14(16-6-5-15-13)9-12(1)17-10-11-3-7-18-8-4-11/h1-2,5-6,9,11,17H,3-4,7-8,10H2. The van der Waals surface area contributed by atoms with Crippen LogP contribution in [-0.2, 0) is 4.74 Å². The fraction of sp³-hybridized carbons (Fsp3) is 0.429. The van der Waals surface area contributed by atoms with Gasteiger partial charge in [0.2, 0.25) is 0 Å². The predicted octanol–water partition coefficient (Wildman–Crippen LogP) is 2.47. The van der Waals surface area contributed by atoms with Gasteiger partial charge >= 0.3 is 0 Å². The molecule has 0 spiro atoms. The van der Waals surface area contributed by atoms with Crippen molar-refractivity contribution in [3.8, 4) is 0 Å². The third kappa shape index (κ3) is 2.59. The number of hydrogen-bond donors (Lipinski definition) is 1. The minimum Gasteiger partial charge on any atom is -0.385 e. The average molecular weight is 243 g/mol. The maximum Gasteiger partial charge on any atom is 0.0907 e. The molecule has 1 N–H and O–H groups in total. The zero-order valence-electron chi connectivity index (χ0n) is 10.3. The van der Waals surface area contributed by atoms with Crippen molar-refractivity contribution in [3.05, 3.63) is 30.6 Å². The first kappa shape index (κ1) is 11.4. The van der Waals surface area contributed by atoms with Gasteiger partial charge in [0.1, 0.15) is 0 Å². The highest BCUT2D eigenvalue weighted by atomic mass is 16.5. The highest BCUT2D eigenvalue weighted by molar-refractivity contribution is 5.78. The van der Waals surface area contributed by atoms with E-state index in [1.54, 1.807) is 12.4 Å². The lowest BCUT2D eigenvalue weighted by Crippen LogP contribution is -2.22. The molecule has 0 radical (unpaired) electrons. The lowest BCUT2D eigenvalue weighted by molar-refractivity contribution is 0.0699. The molecule has 18 heavy (non-hydrogen) atoms. The van der Waals surface area contributed by atoms with E-state index in [0.29, 0.717) is 0 Å². The summed E-state index contributed by atoms with van der Waals surface area (Å²) >= 11 is 0. The van der Waals surface area contributed by atoms with E-state index in [0.717, 1.165) is 55.2 Å². The van der Waals surface area contributed by atoms with Crippen LogP contribution in [0.1, 0.15) is 12.8 Å². The number of rotatable bonds is 3. The summed E-state index contributed by atoms with van der Waals surface area (Å²) in [6, 6.07) is 6.13. The SMILES string of the molecule is c1cnc2cc(NCC3CCOCC3)ccc2n1. The van der Waals surface area contributed by atoms with Gasteiger partial charge in [-0.25, -0.2) is 0 Å². The van der Waals surface area contributed by atoms with Crippen molar-refractivity contribution < 1.29 is 4.74 Å². The quantitative estimate of drug-likeness (QED) is 0.899. The highest BCUT2D eigenvalue weighted by Gasteiger charge is 2.13. The molecule has 0 amide bonds. The first-order valence-electron chi connectivity index (χ1n) is 6.44. The number of ether oxygens (including phenoxy) is 1. The second-order valence-electron chi connectivity index (χ2n) is 4.70. The van der Waals surface area contributed by atoms with Crippen molar-refractivity contribution in [1.82, 2.24) is 9.97 Å². The van der Waals surface area contributed by atoms with Crippen LogP contribution in [0, 0.1) is 5.92 Å². The topological polar surface area (TPSA) is 47.0 Å². The van der Waals surface area contributed by atoms with Gasteiger partial charge < -0.3 is 10.1 Å². The summed E-state index contributed by atoms with van der Waals surface area (Å²) in [7, 11) is 0. The molecule has 0 atom stereocenters. The van der Waals surface area contributed by atoms with Gasteiger partial charge in [0.05, 0.1) is 11.0 Å². The second kappa shape index (κ2) is 5.31. The van der Waals surface area contributed by atoms with Crippen LogP contribution in [-0.4, -0.2) is 29.7 Å². The second-order valence-corrected chi connectivity index (χ2v) is 4.70. The van der Waals surface area contributed by atoms with Gasteiger partial charge in [0.15, 0.2) is 0 Å². The Hall–Kier alpha value is -1.68. The van der Waals surface area contributed by atoms with Crippen LogP contribution in [0.2, 0.25) is 0 Å². The molecule has 1 fully saturated rings. The van der Waals surface area contributed by atoms with Gasteiger partial charge in [-0.2, -0.15) is 0 Å². The maximum atomic E-state index is 5.36. The minimum atomic E-state index is 0.719. The summed E-state index contributed by atoms with van der Waals surface area (Å²) < 4.78 is 5.36. The third-order valence-corrected chi connectivity index (χ3v) is 3.41. The Morgan fingerprint density at radius 3 is 2.72 bits per heavy atom. The Balaban J connectivity index is 1.66. The lowest BCUT2D eigenvalue weighted by Gasteiger charge is -2.22. The average Bonchev–Trinajstić information content (AvgIpc) is 2.46. The Morgan fingerprint density at radius 1 is 1.11 bits per heavy atom. The molecule has 3 rings (SSSR count). The monoisotopic (exact) mass is 243 g/mol. The van der Waals surface area contributed by atoms with Crippen LogP contribution in [0.25, 0.3) is 11.0 Å². The highest BCUT2D eigenvalue weighted by Crippen LogP contribution is 2.18. The molecule has 4 nitrogen and oxygen atoms in total. The van der Waals surface area contributed by atoms with E-state index < -0.39 is 0 Å². The van der Waals surface area contributed by atoms with Crippen molar-refractivity contribution >= 4 is 16.7 Å². The summed E-state index contributed by atoms with van der Waals surface area (Å²) in [6.45, 7) is 2.81. The molecule has 2 aromatic rings. The normalized spacial score (nSPS) is 16.9. The molecule has 94 valence electrons. The van der Waals surface area contributed by atoms with Gasteiger partial charge in [0, 0.05) is 37.8 Å². The Kier molecular flexibility index (Phi) is 3.37. The molecule has 0 bridgehead atoms. The largest absolute Gasteiger partial charge is 0.385 e. The lowest BCUT2D eigenvalue weighted by atomic mass is 10.0. The molecule has 0 unspecified atom stereocenters. The first-order valence-corrected chi connectivity index (χ1v) is 6.44. The van der Waals surface area contributed by atoms with Crippen LogP contribution in [0.4, 0.5) is 5.69 Å². The number of nitrogens with zero attached hydrogens (tertiary/aromatic N) is 2. The number of aromatic nitrogens is 2. The van der Waals surface area contributed by atoms with Crippen molar-refractivity contribution in [2.24, 2.45) is 5.92 Å². The number of nitrogens with one attached hydrogen (secondary N) is 1. The molecular formula is C14H17N3O. The fourth-order valence-corrected chi connectivity index (χ4v) is 2.29. The van der Waals surface area contributed by atoms with Crippen LogP contribution in [0.15, 0.2) is 30.6 Å². The van der Waals surface area contributed by atoms with Crippen LogP contribution in [0.5, 0.6) is 0 Å². The van der Waals surface area contributed by atoms with E-state index in [-0.39, 0.29) is 0 Å². The van der Waals surface area contributed by atoms with Crippen LogP contribution in [0.3, 0.4) is 0 Å². The summed E-state index contributed by atoms with van der Waals surface area (Å²) in [6.07, 6.45) is 5.75. The van der Waals surface area contributed by atoms with Gasteiger partial charge in [-0.1, -0.05) is 0 Å². The van der Waals surface area contributed by atoms with Crippen molar-refractivity contribution in [2.45, 2.75) is 12.8 Å². The van der Waals surface area contributed by atoms with Crippen LogP contribution >= 0.6 is 0 Å². The molecule has 0 aliphatic carbocycles. The molecular weight excluding hydrogens is 226 g/mol. The molecule has 0 saturated carbocycles. The van der Waals surface area contributed by atoms with Crippen molar-refractivity contribution in [2.75, 3.05) is 25.1 Å². The summed E-state index contributed by atoms with van der Waals surface area (Å²) in [4.78, 5) is 8.58. The number of hydrogen-bond acceptors (Lipinski definition) is 4. The molecule has 1 aliphatic rings. The van der Waals surface area contributed by atoms with Gasteiger partial charge in [-0.15, -0.1) is 0 Å². The zero-order valence-corrected chi connectivity index (χ0v) is 10.3. The van der Waals surface area contributed by atoms with Crippen molar-refractivity contribution in [1.29, 1.82) is 0 Å². The fourth-order valence-electron chi connectivity index (χ4n) is 2.29. The van der Waals surface area contributed by atoms with Gasteiger partial charge in [0.25, 0.3) is 0 Å². The molecule has 4 heteroatoms. The van der Waals surface area contributed by atoms with E-state index in [4.69, 9.17) is 4.74 Å². The predicted molar refractivity (Wildman–Crippen MR) is 71.6 cm³/mol. The minimum absolute atomic E-state index is 0.719. The number of fused-ring (bicyclic) bond motifs is 1. The van der Waals surface area contributed by atoms with Crippen molar-refractivity contribution in [3.63, 3.8) is 0 Å². The molecule has 1 saturated heterocycles. The molecule has 1 aromatic carbocycles.